The standard InChI is InChI=1S/C13H9F4N5O2S/c14-9-3-1-8(2-4-9)11(13(15,16)17)21-25(23,24)12-19-10-7-18-5-6-22(10)20-12/h1-7,11,21H. The van der Waals surface area contributed by atoms with Crippen molar-refractivity contribution in [1.82, 2.24) is 24.3 Å². The molecule has 1 N–H and O–H groups in total. The number of fused-ring (bicyclic) bond motifs is 1. The number of hydrogen-bond acceptors (Lipinski definition) is 5. The Balaban J connectivity index is 1.99. The fraction of sp³-hybridized carbons (Fsp3) is 0.154. The number of aromatic nitrogens is 4. The van der Waals surface area contributed by atoms with E-state index >= 15 is 0 Å². The summed E-state index contributed by atoms with van der Waals surface area (Å²) in [5, 5.41) is 2.78. The third-order valence-electron chi connectivity index (χ3n) is 3.17. The van der Waals surface area contributed by atoms with E-state index in [1.54, 1.807) is 0 Å². The van der Waals surface area contributed by atoms with Crippen LogP contribution in [-0.4, -0.2) is 34.2 Å². The third kappa shape index (κ3) is 3.58. The highest BCUT2D eigenvalue weighted by Crippen LogP contribution is 2.33. The summed E-state index contributed by atoms with van der Waals surface area (Å²) in [6.45, 7) is 0. The highest BCUT2D eigenvalue weighted by atomic mass is 32.2. The SMILES string of the molecule is O=S(=O)(NC(c1ccc(F)cc1)C(F)(F)F)c1nc2cnccn2n1. The summed E-state index contributed by atoms with van der Waals surface area (Å²) in [5.74, 6) is -0.748. The van der Waals surface area contributed by atoms with Gasteiger partial charge in [0.1, 0.15) is 11.9 Å². The van der Waals surface area contributed by atoms with E-state index in [-0.39, 0.29) is 5.65 Å². The van der Waals surface area contributed by atoms with Crippen LogP contribution in [-0.2, 0) is 10.0 Å². The van der Waals surface area contributed by atoms with Crippen LogP contribution in [0.3, 0.4) is 0 Å². The molecule has 0 saturated carbocycles. The van der Waals surface area contributed by atoms with Crippen LogP contribution in [0.2, 0.25) is 0 Å². The van der Waals surface area contributed by atoms with E-state index in [2.05, 4.69) is 15.1 Å². The van der Waals surface area contributed by atoms with Crippen molar-refractivity contribution in [2.45, 2.75) is 17.4 Å². The van der Waals surface area contributed by atoms with Gasteiger partial charge in [0.15, 0.2) is 5.65 Å². The van der Waals surface area contributed by atoms with E-state index < -0.39 is 38.8 Å². The molecule has 0 spiro atoms. The average molecular weight is 375 g/mol. The van der Waals surface area contributed by atoms with E-state index in [0.717, 1.165) is 28.8 Å². The molecule has 0 fully saturated rings. The lowest BCUT2D eigenvalue weighted by Gasteiger charge is -2.21. The first-order valence-electron chi connectivity index (χ1n) is 6.68. The molecule has 25 heavy (non-hydrogen) atoms. The molecular formula is C13H9F4N5O2S. The largest absolute Gasteiger partial charge is 0.408 e. The van der Waals surface area contributed by atoms with Gasteiger partial charge in [0.05, 0.1) is 6.20 Å². The normalized spacial score (nSPS) is 13.9. The summed E-state index contributed by atoms with van der Waals surface area (Å²) in [5.41, 5.74) is -0.420. The molecular weight excluding hydrogens is 366 g/mol. The maximum absolute atomic E-state index is 13.3. The van der Waals surface area contributed by atoms with Crippen molar-refractivity contribution in [3.63, 3.8) is 0 Å². The lowest BCUT2D eigenvalue weighted by Crippen LogP contribution is -2.38. The number of halogens is 4. The van der Waals surface area contributed by atoms with E-state index in [1.165, 1.54) is 23.3 Å². The topological polar surface area (TPSA) is 89.2 Å². The molecule has 7 nitrogen and oxygen atoms in total. The smallest absolute Gasteiger partial charge is 0.259 e. The van der Waals surface area contributed by atoms with Crippen LogP contribution < -0.4 is 4.72 Å². The van der Waals surface area contributed by atoms with Crippen LogP contribution in [0.4, 0.5) is 17.6 Å². The zero-order chi connectivity index (χ0) is 18.2. The predicted molar refractivity (Wildman–Crippen MR) is 76.3 cm³/mol. The molecule has 0 aliphatic rings. The average Bonchev–Trinajstić information content (AvgIpc) is 2.98. The van der Waals surface area contributed by atoms with E-state index in [0.29, 0.717) is 0 Å². The quantitative estimate of drug-likeness (QED) is 0.703. The summed E-state index contributed by atoms with van der Waals surface area (Å²) < 4.78 is 79.8. The molecule has 1 atom stereocenters. The summed E-state index contributed by atoms with van der Waals surface area (Å²) in [6, 6.07) is 0.713. The molecule has 2 heterocycles. The Kier molecular flexibility index (Phi) is 4.16. The first-order chi connectivity index (χ1) is 11.7. The number of alkyl halides is 3. The number of benzene rings is 1. The third-order valence-corrected chi connectivity index (χ3v) is 4.37. The van der Waals surface area contributed by atoms with Gasteiger partial charge in [0, 0.05) is 12.4 Å². The summed E-state index contributed by atoms with van der Waals surface area (Å²) in [6.07, 6.45) is -1.15. The van der Waals surface area contributed by atoms with Gasteiger partial charge in [-0.1, -0.05) is 12.1 Å². The lowest BCUT2D eigenvalue weighted by atomic mass is 10.1. The Labute approximate surface area is 138 Å². The molecule has 12 heteroatoms. The van der Waals surface area contributed by atoms with Crippen molar-refractivity contribution in [2.24, 2.45) is 0 Å². The van der Waals surface area contributed by atoms with Crippen LogP contribution in [0.25, 0.3) is 5.65 Å². The van der Waals surface area contributed by atoms with Gasteiger partial charge < -0.3 is 0 Å². The second kappa shape index (κ2) is 6.04. The molecule has 1 unspecified atom stereocenters. The molecule has 132 valence electrons. The minimum absolute atomic E-state index is 0.0493. The summed E-state index contributed by atoms with van der Waals surface area (Å²) in [4.78, 5) is 7.35. The first kappa shape index (κ1) is 17.2. The van der Waals surface area contributed by atoms with Gasteiger partial charge >= 0.3 is 6.18 Å². The molecule has 1 aromatic carbocycles. The van der Waals surface area contributed by atoms with Gasteiger partial charge in [-0.15, -0.1) is 5.10 Å². The molecule has 0 aliphatic carbocycles. The molecule has 0 bridgehead atoms. The fourth-order valence-electron chi connectivity index (χ4n) is 2.02. The van der Waals surface area contributed by atoms with Gasteiger partial charge in [-0.2, -0.15) is 22.9 Å². The molecule has 3 aromatic rings. The monoisotopic (exact) mass is 375 g/mol. The Bertz CT molecular complexity index is 968. The summed E-state index contributed by atoms with van der Waals surface area (Å²) >= 11 is 0. The van der Waals surface area contributed by atoms with Crippen molar-refractivity contribution < 1.29 is 26.0 Å². The van der Waals surface area contributed by atoms with E-state index in [9.17, 15) is 26.0 Å². The maximum atomic E-state index is 13.3. The minimum atomic E-state index is -4.95. The molecule has 0 radical (unpaired) electrons. The van der Waals surface area contributed by atoms with Crippen molar-refractivity contribution in [2.75, 3.05) is 0 Å². The van der Waals surface area contributed by atoms with Crippen LogP contribution in [0.15, 0.2) is 48.0 Å². The van der Waals surface area contributed by atoms with Crippen LogP contribution >= 0.6 is 0 Å². The Morgan fingerprint density at radius 3 is 2.44 bits per heavy atom. The predicted octanol–water partition coefficient (Wildman–Crippen LogP) is 1.85. The zero-order valence-corrected chi connectivity index (χ0v) is 13.0. The van der Waals surface area contributed by atoms with Crippen molar-refractivity contribution in [3.05, 3.63) is 54.2 Å². The minimum Gasteiger partial charge on any atom is -0.259 e. The van der Waals surface area contributed by atoms with Crippen molar-refractivity contribution in [1.29, 1.82) is 0 Å². The van der Waals surface area contributed by atoms with Crippen LogP contribution in [0.1, 0.15) is 11.6 Å². The molecule has 2 aromatic heterocycles. The van der Waals surface area contributed by atoms with E-state index in [1.807, 2.05) is 0 Å². The van der Waals surface area contributed by atoms with Gasteiger partial charge in [-0.3, -0.25) is 4.98 Å². The molecule has 3 rings (SSSR count). The van der Waals surface area contributed by atoms with Crippen molar-refractivity contribution >= 4 is 15.7 Å². The van der Waals surface area contributed by atoms with Gasteiger partial charge in [0.2, 0.25) is 0 Å². The maximum Gasteiger partial charge on any atom is 0.408 e. The Morgan fingerprint density at radius 1 is 1.16 bits per heavy atom. The fourth-order valence-corrected chi connectivity index (χ4v) is 3.12. The second-order valence-electron chi connectivity index (χ2n) is 4.92. The molecule has 0 saturated heterocycles. The molecule has 0 amide bonds. The van der Waals surface area contributed by atoms with Crippen LogP contribution in [0.5, 0.6) is 0 Å². The first-order valence-corrected chi connectivity index (χ1v) is 8.16. The van der Waals surface area contributed by atoms with Gasteiger partial charge in [0.25, 0.3) is 15.2 Å². The molecule has 0 aliphatic heterocycles. The van der Waals surface area contributed by atoms with Gasteiger partial charge in [-0.05, 0) is 17.7 Å². The zero-order valence-electron chi connectivity index (χ0n) is 12.1. The van der Waals surface area contributed by atoms with Crippen LogP contribution in [0, 0.1) is 5.82 Å². The number of hydrogen-bond donors (Lipinski definition) is 1. The lowest BCUT2D eigenvalue weighted by molar-refractivity contribution is -0.153. The van der Waals surface area contributed by atoms with Gasteiger partial charge in [-0.25, -0.2) is 17.3 Å². The van der Waals surface area contributed by atoms with E-state index in [4.69, 9.17) is 0 Å². The number of nitrogens with one attached hydrogen (secondary N) is 1. The number of rotatable bonds is 4. The number of nitrogens with zero attached hydrogens (tertiary/aromatic N) is 4. The number of sulfonamides is 1. The Morgan fingerprint density at radius 2 is 1.84 bits per heavy atom. The summed E-state index contributed by atoms with van der Waals surface area (Å²) in [7, 11) is -4.70. The van der Waals surface area contributed by atoms with Crippen molar-refractivity contribution in [3.8, 4) is 0 Å². The second-order valence-corrected chi connectivity index (χ2v) is 6.53. The highest BCUT2D eigenvalue weighted by Gasteiger charge is 2.44. The highest BCUT2D eigenvalue weighted by molar-refractivity contribution is 7.89. The Hall–Kier alpha value is -2.60.